The smallest absolute Gasteiger partial charge is 0.119 e. The van der Waals surface area contributed by atoms with Crippen LogP contribution in [0.25, 0.3) is 33.3 Å². The number of phenols is 1. The largest absolute Gasteiger partial charge is 0.508 e. The van der Waals surface area contributed by atoms with E-state index in [2.05, 4.69) is 52.1 Å². The van der Waals surface area contributed by atoms with Crippen LogP contribution in [0.5, 0.6) is 11.5 Å². The molecule has 3 aromatic carbocycles. The Morgan fingerprint density at radius 3 is 1.94 bits per heavy atom. The molecule has 4 nitrogen and oxygen atoms in total. The average molecular weight is 431 g/mol. The summed E-state index contributed by atoms with van der Waals surface area (Å²) in [7, 11) is 0. The summed E-state index contributed by atoms with van der Waals surface area (Å²) in [5, 5.41) is 9.58. The average Bonchev–Trinajstić information content (AvgIpc) is 3.29. The summed E-state index contributed by atoms with van der Waals surface area (Å²) < 4.78 is 15.2. The van der Waals surface area contributed by atoms with Crippen molar-refractivity contribution in [3.63, 3.8) is 0 Å². The number of ether oxygens (including phenoxy) is 1. The molecule has 158 valence electrons. The van der Waals surface area contributed by atoms with Crippen LogP contribution in [-0.2, 0) is 0 Å². The maximum Gasteiger partial charge on any atom is 0.119 e. The minimum absolute atomic E-state index is 0.258. The van der Waals surface area contributed by atoms with Crippen LogP contribution in [0.2, 0.25) is 0 Å². The molecule has 5 heteroatoms. The fourth-order valence-corrected chi connectivity index (χ4v) is 4.99. The number of benzene rings is 3. The molecule has 0 amide bonds. The molecule has 1 fully saturated rings. The van der Waals surface area contributed by atoms with Crippen molar-refractivity contribution in [2.45, 2.75) is 32.6 Å². The normalized spacial score (nSPS) is 18.9. The predicted octanol–water partition coefficient (Wildman–Crippen LogP) is 6.94. The van der Waals surface area contributed by atoms with E-state index in [0.29, 0.717) is 5.92 Å². The van der Waals surface area contributed by atoms with Gasteiger partial charge in [-0.2, -0.15) is 8.75 Å². The third kappa shape index (κ3) is 4.28. The molecule has 0 unspecified atom stereocenters. The lowest BCUT2D eigenvalue weighted by Crippen LogP contribution is -2.18. The second-order valence-electron chi connectivity index (χ2n) is 8.63. The molecular weight excluding hydrogens is 404 g/mol. The first-order valence-electron chi connectivity index (χ1n) is 11.0. The zero-order valence-corrected chi connectivity index (χ0v) is 18.4. The van der Waals surface area contributed by atoms with Gasteiger partial charge in [-0.3, -0.25) is 0 Å². The number of hydrogen-bond donors (Lipinski definition) is 1. The summed E-state index contributed by atoms with van der Waals surface area (Å²) in [4.78, 5) is 0. The van der Waals surface area contributed by atoms with Crippen LogP contribution in [0.3, 0.4) is 0 Å². The Balaban J connectivity index is 1.35. The minimum atomic E-state index is 0.258. The highest BCUT2D eigenvalue weighted by Crippen LogP contribution is 2.35. The van der Waals surface area contributed by atoms with Crippen LogP contribution < -0.4 is 4.74 Å². The van der Waals surface area contributed by atoms with Crippen LogP contribution in [-0.4, -0.2) is 20.5 Å². The van der Waals surface area contributed by atoms with Gasteiger partial charge in [0.15, 0.2) is 0 Å². The van der Waals surface area contributed by atoms with E-state index >= 15 is 0 Å². The maximum atomic E-state index is 9.58. The molecule has 0 saturated heterocycles. The van der Waals surface area contributed by atoms with Crippen molar-refractivity contribution in [1.82, 2.24) is 8.75 Å². The molecule has 4 aromatic rings. The summed E-state index contributed by atoms with van der Waals surface area (Å²) in [6.45, 7) is 3.16. The van der Waals surface area contributed by atoms with E-state index < -0.39 is 0 Å². The number of aromatic nitrogens is 2. The third-order valence-electron chi connectivity index (χ3n) is 6.38. The molecule has 0 radical (unpaired) electrons. The van der Waals surface area contributed by atoms with Crippen LogP contribution >= 0.6 is 11.7 Å². The molecular formula is C26H26N2O2S. The van der Waals surface area contributed by atoms with Gasteiger partial charge in [0.25, 0.3) is 0 Å². The lowest BCUT2D eigenvalue weighted by molar-refractivity contribution is 0.188. The Bertz CT molecular complexity index is 1160. The second-order valence-corrected chi connectivity index (χ2v) is 9.16. The molecule has 1 N–H and O–H groups in total. The highest BCUT2D eigenvalue weighted by Gasteiger charge is 2.19. The van der Waals surface area contributed by atoms with E-state index in [1.54, 1.807) is 12.1 Å². The van der Waals surface area contributed by atoms with Crippen LogP contribution in [0.1, 0.15) is 32.6 Å². The molecule has 1 aliphatic rings. The van der Waals surface area contributed by atoms with Gasteiger partial charge in [-0.1, -0.05) is 56.2 Å². The molecule has 0 bridgehead atoms. The van der Waals surface area contributed by atoms with Crippen molar-refractivity contribution in [2.75, 3.05) is 6.61 Å². The summed E-state index contributed by atoms with van der Waals surface area (Å²) in [5.41, 5.74) is 6.01. The number of rotatable bonds is 5. The summed E-state index contributed by atoms with van der Waals surface area (Å²) >= 11 is 1.23. The third-order valence-corrected chi connectivity index (χ3v) is 6.91. The molecule has 1 heterocycles. The van der Waals surface area contributed by atoms with Crippen molar-refractivity contribution in [3.8, 4) is 33.8 Å². The van der Waals surface area contributed by atoms with Gasteiger partial charge in [0.1, 0.15) is 22.5 Å². The molecule has 1 aromatic heterocycles. The Morgan fingerprint density at radius 2 is 1.35 bits per heavy atom. The summed E-state index contributed by atoms with van der Waals surface area (Å²) in [6, 6.07) is 19.7. The van der Waals surface area contributed by atoms with Gasteiger partial charge >= 0.3 is 0 Å². The van der Waals surface area contributed by atoms with Crippen LogP contribution in [0.4, 0.5) is 0 Å². The Hall–Kier alpha value is -2.92. The number of phenolic OH excluding ortho intramolecular Hbond substituents is 1. The number of hydrogen-bond acceptors (Lipinski definition) is 5. The van der Waals surface area contributed by atoms with E-state index in [1.807, 2.05) is 12.1 Å². The first-order chi connectivity index (χ1) is 15.2. The van der Waals surface area contributed by atoms with Gasteiger partial charge in [-0.15, -0.1) is 0 Å². The van der Waals surface area contributed by atoms with E-state index in [-0.39, 0.29) is 5.75 Å². The SMILES string of the molecule is CC1CCC(COc2ccc(-c3ccc(-c4ccc(O)cc4)c4nsnc34)cc2)CC1. The summed E-state index contributed by atoms with van der Waals surface area (Å²) in [6.07, 6.45) is 5.21. The van der Waals surface area contributed by atoms with E-state index in [1.165, 1.54) is 37.4 Å². The van der Waals surface area contributed by atoms with Gasteiger partial charge in [0, 0.05) is 11.1 Å². The van der Waals surface area contributed by atoms with Gasteiger partial charge < -0.3 is 9.84 Å². The zero-order valence-electron chi connectivity index (χ0n) is 17.6. The predicted molar refractivity (Wildman–Crippen MR) is 127 cm³/mol. The fourth-order valence-electron chi connectivity index (χ4n) is 4.41. The minimum Gasteiger partial charge on any atom is -0.508 e. The van der Waals surface area contributed by atoms with Crippen molar-refractivity contribution in [1.29, 1.82) is 0 Å². The first kappa shape index (κ1) is 20.0. The van der Waals surface area contributed by atoms with Crippen LogP contribution in [0, 0.1) is 11.8 Å². The second kappa shape index (κ2) is 8.67. The number of fused-ring (bicyclic) bond motifs is 1. The standard InChI is InChI=1S/C26H26N2O2S/c1-17-2-4-18(5-3-17)16-30-22-12-8-20(9-13-22)24-15-14-23(25-26(24)28-31-27-25)19-6-10-21(29)11-7-19/h6-15,17-18,29H,2-5,16H2,1H3. The highest BCUT2D eigenvalue weighted by molar-refractivity contribution is 7.00. The van der Waals surface area contributed by atoms with Gasteiger partial charge in [-0.25, -0.2) is 0 Å². The van der Waals surface area contributed by atoms with Gasteiger partial charge in [0.05, 0.1) is 18.3 Å². The van der Waals surface area contributed by atoms with Crippen molar-refractivity contribution in [3.05, 3.63) is 60.7 Å². The van der Waals surface area contributed by atoms with E-state index in [9.17, 15) is 5.11 Å². The molecule has 1 aliphatic carbocycles. The molecule has 0 aliphatic heterocycles. The lowest BCUT2D eigenvalue weighted by Gasteiger charge is -2.26. The van der Waals surface area contributed by atoms with Crippen molar-refractivity contribution in [2.24, 2.45) is 11.8 Å². The monoisotopic (exact) mass is 430 g/mol. The molecule has 31 heavy (non-hydrogen) atoms. The van der Waals surface area contributed by atoms with Crippen molar-refractivity contribution < 1.29 is 9.84 Å². The van der Waals surface area contributed by atoms with Crippen molar-refractivity contribution >= 4 is 22.8 Å². The fraction of sp³-hybridized carbons (Fsp3) is 0.308. The Labute approximate surface area is 186 Å². The molecule has 5 rings (SSSR count). The lowest BCUT2D eigenvalue weighted by atomic mass is 9.83. The van der Waals surface area contributed by atoms with E-state index in [0.717, 1.165) is 51.6 Å². The highest BCUT2D eigenvalue weighted by atomic mass is 32.1. The number of aromatic hydroxyl groups is 1. The maximum absolute atomic E-state index is 9.58. The van der Waals surface area contributed by atoms with E-state index in [4.69, 9.17) is 4.74 Å². The molecule has 0 atom stereocenters. The summed E-state index contributed by atoms with van der Waals surface area (Å²) in [5.74, 6) is 2.74. The van der Waals surface area contributed by atoms with Crippen LogP contribution in [0.15, 0.2) is 60.7 Å². The molecule has 0 spiro atoms. The van der Waals surface area contributed by atoms with Gasteiger partial charge in [0.2, 0.25) is 0 Å². The topological polar surface area (TPSA) is 55.2 Å². The zero-order chi connectivity index (χ0) is 21.2. The quantitative estimate of drug-likeness (QED) is 0.373. The molecule has 1 saturated carbocycles. The van der Waals surface area contributed by atoms with Gasteiger partial charge in [-0.05, 0) is 60.1 Å². The Kier molecular flexibility index (Phi) is 5.60. The first-order valence-corrected chi connectivity index (χ1v) is 11.7. The number of nitrogens with zero attached hydrogens (tertiary/aromatic N) is 2. The Morgan fingerprint density at radius 1 is 0.806 bits per heavy atom.